The third kappa shape index (κ3) is 1.54. The molecule has 0 radical (unpaired) electrons. The molecule has 1 aliphatic rings. The van der Waals surface area contributed by atoms with Gasteiger partial charge in [0.2, 0.25) is 0 Å². The number of rotatable bonds is 1. The normalized spacial score (nSPS) is 25.8. The Morgan fingerprint density at radius 3 is 2.69 bits per heavy atom. The number of hydrogen-bond donors (Lipinski definition) is 1. The first-order valence-corrected chi connectivity index (χ1v) is 4.55. The van der Waals surface area contributed by atoms with Gasteiger partial charge < -0.3 is 10.5 Å². The highest BCUT2D eigenvalue weighted by Crippen LogP contribution is 2.30. The summed E-state index contributed by atoms with van der Waals surface area (Å²) >= 11 is 0. The van der Waals surface area contributed by atoms with Crippen molar-refractivity contribution in [3.8, 4) is 5.75 Å². The van der Waals surface area contributed by atoms with Crippen LogP contribution in [-0.2, 0) is 12.8 Å². The fraction of sp³-hybridized carbons (Fsp3) is 0.455. The molecule has 0 heterocycles. The van der Waals surface area contributed by atoms with Crippen LogP contribution in [0.1, 0.15) is 18.1 Å². The molecule has 1 unspecified atom stereocenters. The zero-order chi connectivity index (χ0) is 9.47. The maximum atomic E-state index is 6.08. The minimum atomic E-state index is -0.0608. The highest BCUT2D eigenvalue weighted by molar-refractivity contribution is 5.41. The fourth-order valence-corrected chi connectivity index (χ4v) is 2.00. The van der Waals surface area contributed by atoms with Crippen LogP contribution in [0.4, 0.5) is 0 Å². The van der Waals surface area contributed by atoms with Gasteiger partial charge in [-0.2, -0.15) is 0 Å². The molecule has 1 aliphatic carbocycles. The van der Waals surface area contributed by atoms with Crippen LogP contribution in [0.25, 0.3) is 0 Å². The molecule has 0 aliphatic heterocycles. The maximum Gasteiger partial charge on any atom is 0.119 e. The molecule has 2 nitrogen and oxygen atoms in total. The molecule has 1 aromatic rings. The van der Waals surface area contributed by atoms with Gasteiger partial charge in [-0.25, -0.2) is 0 Å². The minimum absolute atomic E-state index is 0.0608. The van der Waals surface area contributed by atoms with E-state index in [1.165, 1.54) is 11.1 Å². The molecule has 0 saturated heterocycles. The molecule has 2 heteroatoms. The van der Waals surface area contributed by atoms with Gasteiger partial charge in [-0.3, -0.25) is 0 Å². The predicted molar refractivity (Wildman–Crippen MR) is 53.0 cm³/mol. The van der Waals surface area contributed by atoms with Crippen molar-refractivity contribution < 1.29 is 4.74 Å². The topological polar surface area (TPSA) is 35.2 Å². The van der Waals surface area contributed by atoms with Crippen LogP contribution in [0.3, 0.4) is 0 Å². The minimum Gasteiger partial charge on any atom is -0.497 e. The highest BCUT2D eigenvalue weighted by atomic mass is 16.5. The Morgan fingerprint density at radius 1 is 1.31 bits per heavy atom. The van der Waals surface area contributed by atoms with Crippen molar-refractivity contribution in [2.75, 3.05) is 7.11 Å². The lowest BCUT2D eigenvalue weighted by molar-refractivity contribution is 0.414. The molecule has 0 saturated carbocycles. The van der Waals surface area contributed by atoms with E-state index in [1.54, 1.807) is 7.11 Å². The lowest BCUT2D eigenvalue weighted by Crippen LogP contribution is -2.36. The van der Waals surface area contributed by atoms with Crippen molar-refractivity contribution in [2.45, 2.75) is 25.3 Å². The van der Waals surface area contributed by atoms with Crippen molar-refractivity contribution in [2.24, 2.45) is 5.73 Å². The molecule has 2 N–H and O–H groups in total. The van der Waals surface area contributed by atoms with Crippen LogP contribution < -0.4 is 10.5 Å². The van der Waals surface area contributed by atoms with Gasteiger partial charge in [0.15, 0.2) is 0 Å². The Kier molecular flexibility index (Phi) is 1.81. The molecule has 2 rings (SSSR count). The molecule has 0 bridgehead atoms. The SMILES string of the molecule is COc1ccc2c(c1)CC(C)(N)C2. The fourth-order valence-electron chi connectivity index (χ4n) is 2.00. The van der Waals surface area contributed by atoms with Gasteiger partial charge in [0.1, 0.15) is 5.75 Å². The van der Waals surface area contributed by atoms with E-state index in [2.05, 4.69) is 19.1 Å². The summed E-state index contributed by atoms with van der Waals surface area (Å²) in [6.45, 7) is 2.10. The van der Waals surface area contributed by atoms with Gasteiger partial charge in [0, 0.05) is 5.54 Å². The first-order valence-electron chi connectivity index (χ1n) is 4.55. The van der Waals surface area contributed by atoms with Crippen molar-refractivity contribution >= 4 is 0 Å². The summed E-state index contributed by atoms with van der Waals surface area (Å²) in [4.78, 5) is 0. The first kappa shape index (κ1) is 8.57. The van der Waals surface area contributed by atoms with E-state index >= 15 is 0 Å². The van der Waals surface area contributed by atoms with Crippen LogP contribution in [0.2, 0.25) is 0 Å². The Labute approximate surface area is 78.7 Å². The molecule has 0 fully saturated rings. The van der Waals surface area contributed by atoms with E-state index in [4.69, 9.17) is 10.5 Å². The monoisotopic (exact) mass is 177 g/mol. The Morgan fingerprint density at radius 2 is 2.00 bits per heavy atom. The maximum absolute atomic E-state index is 6.08. The van der Waals surface area contributed by atoms with Gasteiger partial charge >= 0.3 is 0 Å². The van der Waals surface area contributed by atoms with Crippen molar-refractivity contribution in [1.29, 1.82) is 0 Å². The molecule has 0 amide bonds. The Balaban J connectivity index is 2.36. The van der Waals surface area contributed by atoms with Crippen LogP contribution in [-0.4, -0.2) is 12.6 Å². The molecule has 1 atom stereocenters. The van der Waals surface area contributed by atoms with E-state index in [0.717, 1.165) is 18.6 Å². The predicted octanol–water partition coefficient (Wildman–Crippen LogP) is 1.51. The summed E-state index contributed by atoms with van der Waals surface area (Å²) < 4.78 is 5.17. The second-order valence-electron chi connectivity index (χ2n) is 4.14. The second-order valence-corrected chi connectivity index (χ2v) is 4.14. The number of fused-ring (bicyclic) bond motifs is 1. The van der Waals surface area contributed by atoms with E-state index in [9.17, 15) is 0 Å². The highest BCUT2D eigenvalue weighted by Gasteiger charge is 2.28. The molecular weight excluding hydrogens is 162 g/mol. The summed E-state index contributed by atoms with van der Waals surface area (Å²) in [6, 6.07) is 6.21. The molecule has 1 aromatic carbocycles. The van der Waals surface area contributed by atoms with Crippen molar-refractivity contribution in [3.05, 3.63) is 29.3 Å². The van der Waals surface area contributed by atoms with Gasteiger partial charge in [0.25, 0.3) is 0 Å². The number of nitrogens with two attached hydrogens (primary N) is 1. The number of methoxy groups -OCH3 is 1. The van der Waals surface area contributed by atoms with E-state index in [-0.39, 0.29) is 5.54 Å². The first-order chi connectivity index (χ1) is 6.11. The second kappa shape index (κ2) is 2.74. The molecule has 70 valence electrons. The average molecular weight is 177 g/mol. The lowest BCUT2D eigenvalue weighted by atomic mass is 10.0. The van der Waals surface area contributed by atoms with Crippen LogP contribution in [0.15, 0.2) is 18.2 Å². The van der Waals surface area contributed by atoms with Crippen LogP contribution in [0, 0.1) is 0 Å². The third-order valence-corrected chi connectivity index (χ3v) is 2.60. The zero-order valence-corrected chi connectivity index (χ0v) is 8.13. The molecule has 13 heavy (non-hydrogen) atoms. The zero-order valence-electron chi connectivity index (χ0n) is 8.13. The smallest absolute Gasteiger partial charge is 0.119 e. The Bertz CT molecular complexity index is 331. The standard InChI is InChI=1S/C11H15NO/c1-11(12)6-8-3-4-10(13-2)5-9(8)7-11/h3-5H,6-7,12H2,1-2H3. The largest absolute Gasteiger partial charge is 0.497 e. The van der Waals surface area contributed by atoms with Crippen LogP contribution >= 0.6 is 0 Å². The number of hydrogen-bond acceptors (Lipinski definition) is 2. The summed E-state index contributed by atoms with van der Waals surface area (Å²) in [5.74, 6) is 0.927. The third-order valence-electron chi connectivity index (χ3n) is 2.60. The van der Waals surface area contributed by atoms with Crippen molar-refractivity contribution in [1.82, 2.24) is 0 Å². The lowest BCUT2D eigenvalue weighted by Gasteiger charge is -2.15. The van der Waals surface area contributed by atoms with E-state index in [1.807, 2.05) is 6.07 Å². The van der Waals surface area contributed by atoms with Crippen molar-refractivity contribution in [3.63, 3.8) is 0 Å². The summed E-state index contributed by atoms with van der Waals surface area (Å²) in [6.07, 6.45) is 1.94. The van der Waals surface area contributed by atoms with E-state index in [0.29, 0.717) is 0 Å². The van der Waals surface area contributed by atoms with Gasteiger partial charge in [0.05, 0.1) is 7.11 Å². The number of ether oxygens (including phenoxy) is 1. The summed E-state index contributed by atoms with van der Waals surface area (Å²) in [5.41, 5.74) is 8.72. The molecule has 0 spiro atoms. The van der Waals surface area contributed by atoms with Crippen LogP contribution in [0.5, 0.6) is 5.75 Å². The van der Waals surface area contributed by atoms with Gasteiger partial charge in [-0.1, -0.05) is 6.07 Å². The van der Waals surface area contributed by atoms with Gasteiger partial charge in [-0.15, -0.1) is 0 Å². The van der Waals surface area contributed by atoms with Gasteiger partial charge in [-0.05, 0) is 43.0 Å². The quantitative estimate of drug-likeness (QED) is 0.705. The van der Waals surface area contributed by atoms with E-state index < -0.39 is 0 Å². The molecular formula is C11H15NO. The molecule has 0 aromatic heterocycles. The summed E-state index contributed by atoms with van der Waals surface area (Å²) in [5, 5.41) is 0. The average Bonchev–Trinajstić information content (AvgIpc) is 2.36. The summed E-state index contributed by atoms with van der Waals surface area (Å²) in [7, 11) is 1.69. The number of benzene rings is 1. The Hall–Kier alpha value is -1.02.